The van der Waals surface area contributed by atoms with Crippen LogP contribution in [0.25, 0.3) is 5.65 Å². The zero-order valence-electron chi connectivity index (χ0n) is 11.0. The molecule has 0 spiro atoms. The highest BCUT2D eigenvalue weighted by atomic mass is 19.4. The van der Waals surface area contributed by atoms with Crippen LogP contribution >= 0.6 is 0 Å². The van der Waals surface area contributed by atoms with Gasteiger partial charge < -0.3 is 10.4 Å². The number of nitrogens with zero attached hydrogens (tertiary/aromatic N) is 6. The number of alkyl halides is 3. The minimum atomic E-state index is -4.64. The van der Waals surface area contributed by atoms with Crippen LogP contribution in [-0.4, -0.2) is 41.3 Å². The molecule has 3 aromatic heterocycles. The minimum Gasteiger partial charge on any atom is -0.394 e. The topological polar surface area (TPSA) is 93.2 Å². The third-order valence-corrected chi connectivity index (χ3v) is 2.75. The molecule has 0 aliphatic heterocycles. The first-order valence-electron chi connectivity index (χ1n) is 6.17. The summed E-state index contributed by atoms with van der Waals surface area (Å²) in [5.41, 5.74) is 0.524. The molecule has 3 rings (SSSR count). The molecule has 2 N–H and O–H groups in total. The fraction of sp³-hybridized carbons (Fsp3) is 0.273. The molecular formula is C11H10F3N7O. The highest BCUT2D eigenvalue weighted by Crippen LogP contribution is 2.27. The second-order valence-corrected chi connectivity index (χ2v) is 4.35. The Hall–Kier alpha value is -2.69. The van der Waals surface area contributed by atoms with Gasteiger partial charge in [0.05, 0.1) is 25.0 Å². The molecule has 0 aromatic carbocycles. The monoisotopic (exact) mass is 313 g/mol. The number of hydrogen-bond donors (Lipinski definition) is 2. The summed E-state index contributed by atoms with van der Waals surface area (Å²) in [4.78, 5) is 0. The van der Waals surface area contributed by atoms with Gasteiger partial charge in [-0.25, -0.2) is 0 Å². The predicted molar refractivity (Wildman–Crippen MR) is 68.4 cm³/mol. The minimum absolute atomic E-state index is 0.00569. The molecule has 0 saturated carbocycles. The number of aliphatic hydroxyl groups excluding tert-OH is 1. The molecule has 0 saturated heterocycles. The SMILES string of the molecule is OCCn1cc(Nc2ccc3nnc(C(F)(F)F)n3n2)cn1. The Labute approximate surface area is 121 Å². The molecule has 0 fully saturated rings. The van der Waals surface area contributed by atoms with Crippen LogP contribution in [0, 0.1) is 0 Å². The first kappa shape index (κ1) is 14.3. The van der Waals surface area contributed by atoms with Gasteiger partial charge in [0.2, 0.25) is 0 Å². The van der Waals surface area contributed by atoms with Crippen molar-refractivity contribution in [3.8, 4) is 0 Å². The first-order valence-corrected chi connectivity index (χ1v) is 6.17. The lowest BCUT2D eigenvalue weighted by molar-refractivity contribution is -0.146. The van der Waals surface area contributed by atoms with E-state index in [4.69, 9.17) is 5.11 Å². The third kappa shape index (κ3) is 2.70. The summed E-state index contributed by atoms with van der Waals surface area (Å²) in [6, 6.07) is 2.85. The third-order valence-electron chi connectivity index (χ3n) is 2.75. The number of hydrogen-bond acceptors (Lipinski definition) is 6. The molecule has 22 heavy (non-hydrogen) atoms. The molecule has 0 amide bonds. The normalized spacial score (nSPS) is 12.0. The van der Waals surface area contributed by atoms with Crippen molar-refractivity contribution in [2.24, 2.45) is 0 Å². The number of halogens is 3. The number of anilines is 2. The summed E-state index contributed by atoms with van der Waals surface area (Å²) >= 11 is 0. The van der Waals surface area contributed by atoms with E-state index in [0.29, 0.717) is 16.7 Å². The molecule has 116 valence electrons. The highest BCUT2D eigenvalue weighted by Gasteiger charge is 2.37. The number of aromatic nitrogens is 6. The summed E-state index contributed by atoms with van der Waals surface area (Å²) in [6.07, 6.45) is -1.58. The Bertz CT molecular complexity index is 794. The van der Waals surface area contributed by atoms with E-state index in [1.807, 2.05) is 0 Å². The van der Waals surface area contributed by atoms with Gasteiger partial charge in [-0.15, -0.1) is 15.3 Å². The molecule has 0 aliphatic carbocycles. The lowest BCUT2D eigenvalue weighted by Crippen LogP contribution is -2.13. The number of fused-ring (bicyclic) bond motifs is 1. The first-order chi connectivity index (χ1) is 10.5. The van der Waals surface area contributed by atoms with E-state index in [1.165, 1.54) is 23.0 Å². The van der Waals surface area contributed by atoms with Crippen molar-refractivity contribution >= 4 is 17.2 Å². The lowest BCUT2D eigenvalue weighted by atomic mass is 10.4. The van der Waals surface area contributed by atoms with Gasteiger partial charge in [-0.3, -0.25) is 4.68 Å². The summed E-state index contributed by atoms with van der Waals surface area (Å²) in [5, 5.41) is 25.9. The molecule has 0 radical (unpaired) electrons. The van der Waals surface area contributed by atoms with Crippen LogP contribution in [0.5, 0.6) is 0 Å². The molecule has 8 nitrogen and oxygen atoms in total. The van der Waals surface area contributed by atoms with Gasteiger partial charge in [0.1, 0.15) is 0 Å². The Morgan fingerprint density at radius 1 is 1.23 bits per heavy atom. The van der Waals surface area contributed by atoms with Gasteiger partial charge in [0.15, 0.2) is 11.5 Å². The van der Waals surface area contributed by atoms with Crippen molar-refractivity contribution < 1.29 is 18.3 Å². The van der Waals surface area contributed by atoms with Crippen LogP contribution in [0.1, 0.15) is 5.82 Å². The fourth-order valence-corrected chi connectivity index (χ4v) is 1.83. The van der Waals surface area contributed by atoms with Crippen molar-refractivity contribution in [1.29, 1.82) is 0 Å². The van der Waals surface area contributed by atoms with E-state index in [1.54, 1.807) is 6.20 Å². The fourth-order valence-electron chi connectivity index (χ4n) is 1.83. The highest BCUT2D eigenvalue weighted by molar-refractivity contribution is 5.55. The maximum atomic E-state index is 12.8. The van der Waals surface area contributed by atoms with Gasteiger partial charge in [-0.1, -0.05) is 0 Å². The van der Waals surface area contributed by atoms with Gasteiger partial charge >= 0.3 is 6.18 Å². The molecule has 0 bridgehead atoms. The van der Waals surface area contributed by atoms with E-state index < -0.39 is 12.0 Å². The predicted octanol–water partition coefficient (Wildman–Crippen LogP) is 1.08. The Kier molecular flexibility index (Phi) is 3.41. The Morgan fingerprint density at radius 2 is 2.05 bits per heavy atom. The molecule has 0 atom stereocenters. The quantitative estimate of drug-likeness (QED) is 0.748. The average molecular weight is 313 g/mol. The summed E-state index contributed by atoms with van der Waals surface area (Å²) in [5.74, 6) is -1.01. The van der Waals surface area contributed by atoms with E-state index in [2.05, 4.69) is 25.7 Å². The summed E-state index contributed by atoms with van der Waals surface area (Å²) in [6.45, 7) is 0.249. The number of nitrogens with one attached hydrogen (secondary N) is 1. The maximum Gasteiger partial charge on any atom is 0.453 e. The second kappa shape index (κ2) is 5.26. The van der Waals surface area contributed by atoms with E-state index in [9.17, 15) is 13.2 Å². The van der Waals surface area contributed by atoms with Crippen molar-refractivity contribution in [3.63, 3.8) is 0 Å². The van der Waals surface area contributed by atoms with Crippen molar-refractivity contribution in [1.82, 2.24) is 29.6 Å². The largest absolute Gasteiger partial charge is 0.453 e. The lowest BCUT2D eigenvalue weighted by Gasteiger charge is -2.05. The summed E-state index contributed by atoms with van der Waals surface area (Å²) < 4.78 is 40.4. The Balaban J connectivity index is 1.90. The molecule has 0 unspecified atom stereocenters. The van der Waals surface area contributed by atoms with E-state index >= 15 is 0 Å². The van der Waals surface area contributed by atoms with Crippen molar-refractivity contribution in [2.45, 2.75) is 12.7 Å². The molecule has 3 aromatic rings. The number of rotatable bonds is 4. The second-order valence-electron chi connectivity index (χ2n) is 4.35. The smallest absolute Gasteiger partial charge is 0.394 e. The standard InChI is InChI=1S/C11H10F3N7O/c12-11(13,14)10-18-17-9-2-1-8(19-21(9)10)16-7-5-15-20(6-7)3-4-22/h1-2,5-6,22H,3-4H2,(H,16,19). The van der Waals surface area contributed by atoms with E-state index in [-0.39, 0.29) is 18.1 Å². The summed E-state index contributed by atoms with van der Waals surface area (Å²) in [7, 11) is 0. The van der Waals surface area contributed by atoms with Gasteiger partial charge in [-0.2, -0.15) is 22.8 Å². The van der Waals surface area contributed by atoms with Crippen LogP contribution in [0.15, 0.2) is 24.5 Å². The van der Waals surface area contributed by atoms with Crippen LogP contribution in [-0.2, 0) is 12.7 Å². The molecule has 0 aliphatic rings. The maximum absolute atomic E-state index is 12.8. The Morgan fingerprint density at radius 3 is 2.77 bits per heavy atom. The molecule has 11 heteroatoms. The van der Waals surface area contributed by atoms with Crippen LogP contribution in [0.3, 0.4) is 0 Å². The van der Waals surface area contributed by atoms with Gasteiger partial charge in [-0.05, 0) is 12.1 Å². The average Bonchev–Trinajstić information content (AvgIpc) is 3.05. The van der Waals surface area contributed by atoms with E-state index in [0.717, 1.165) is 0 Å². The van der Waals surface area contributed by atoms with Crippen LogP contribution in [0.2, 0.25) is 0 Å². The van der Waals surface area contributed by atoms with Crippen LogP contribution < -0.4 is 5.32 Å². The molecule has 3 heterocycles. The zero-order chi connectivity index (χ0) is 15.7. The van der Waals surface area contributed by atoms with Crippen molar-refractivity contribution in [2.75, 3.05) is 11.9 Å². The van der Waals surface area contributed by atoms with Gasteiger partial charge in [0.25, 0.3) is 5.82 Å². The number of aliphatic hydroxyl groups is 1. The zero-order valence-corrected chi connectivity index (χ0v) is 11.0. The van der Waals surface area contributed by atoms with Crippen molar-refractivity contribution in [3.05, 3.63) is 30.4 Å². The van der Waals surface area contributed by atoms with Gasteiger partial charge in [0, 0.05) is 6.20 Å². The molecular weight excluding hydrogens is 303 g/mol. The van der Waals surface area contributed by atoms with Crippen LogP contribution in [0.4, 0.5) is 24.7 Å².